The normalized spacial score (nSPS) is 11.7. The fourth-order valence-electron chi connectivity index (χ4n) is 4.63. The predicted molar refractivity (Wildman–Crippen MR) is 190 cm³/mol. The maximum Gasteiger partial charge on any atom is 0.272 e. The lowest BCUT2D eigenvalue weighted by atomic mass is 10.1. The molecule has 5 rings (SSSR count). The van der Waals surface area contributed by atoms with Crippen LogP contribution in [0, 0.1) is 6.92 Å². The molecule has 0 fully saturated rings. The van der Waals surface area contributed by atoms with Crippen LogP contribution in [0.1, 0.15) is 34.8 Å². The molecule has 0 radical (unpaired) electrons. The lowest BCUT2D eigenvalue weighted by molar-refractivity contribution is -0.116. The first-order valence-electron chi connectivity index (χ1n) is 15.2. The van der Waals surface area contributed by atoms with E-state index in [4.69, 9.17) is 4.74 Å². The van der Waals surface area contributed by atoms with Crippen LogP contribution in [-0.4, -0.2) is 23.0 Å². The van der Waals surface area contributed by atoms with Crippen LogP contribution in [0.5, 0.6) is 11.5 Å². The summed E-state index contributed by atoms with van der Waals surface area (Å²) in [5, 5.41) is 8.32. The highest BCUT2D eigenvalue weighted by molar-refractivity contribution is 8.00. The molecule has 7 nitrogen and oxygen atoms in total. The second-order valence-electron chi connectivity index (χ2n) is 10.7. The molecule has 5 aromatic carbocycles. The van der Waals surface area contributed by atoms with Crippen LogP contribution in [0.2, 0.25) is 0 Å². The number of benzene rings is 5. The van der Waals surface area contributed by atoms with E-state index in [1.54, 1.807) is 36.4 Å². The lowest BCUT2D eigenvalue weighted by Crippen LogP contribution is -2.30. The lowest BCUT2D eigenvalue weighted by Gasteiger charge is -2.16. The van der Waals surface area contributed by atoms with Crippen LogP contribution in [0.25, 0.3) is 6.08 Å². The molecule has 1 unspecified atom stereocenters. The van der Waals surface area contributed by atoms with Crippen molar-refractivity contribution in [2.24, 2.45) is 0 Å². The Labute approximate surface area is 279 Å². The van der Waals surface area contributed by atoms with Crippen molar-refractivity contribution in [3.8, 4) is 11.5 Å². The Balaban J connectivity index is 1.25. The molecule has 0 aliphatic rings. The number of ether oxygens (including phenoxy) is 1. The van der Waals surface area contributed by atoms with Gasteiger partial charge in [-0.25, -0.2) is 0 Å². The monoisotopic (exact) mass is 641 g/mol. The van der Waals surface area contributed by atoms with Gasteiger partial charge in [-0.3, -0.25) is 14.4 Å². The summed E-state index contributed by atoms with van der Waals surface area (Å²) in [6, 6.07) is 40.4. The van der Waals surface area contributed by atoms with Crippen molar-refractivity contribution in [1.29, 1.82) is 0 Å². The summed E-state index contributed by atoms with van der Waals surface area (Å²) < 4.78 is 5.84. The highest BCUT2D eigenvalue weighted by Crippen LogP contribution is 2.29. The van der Waals surface area contributed by atoms with Gasteiger partial charge >= 0.3 is 0 Å². The van der Waals surface area contributed by atoms with Crippen molar-refractivity contribution < 1.29 is 19.1 Å². The molecule has 5 aromatic rings. The Hall–Kier alpha value is -5.60. The largest absolute Gasteiger partial charge is 0.457 e. The molecule has 0 heterocycles. The van der Waals surface area contributed by atoms with E-state index in [9.17, 15) is 14.4 Å². The Morgan fingerprint density at radius 1 is 0.723 bits per heavy atom. The number of thioether (sulfide) groups is 1. The second kappa shape index (κ2) is 16.1. The van der Waals surface area contributed by atoms with Crippen LogP contribution >= 0.6 is 11.8 Å². The third-order valence-electron chi connectivity index (χ3n) is 7.15. The SMILES string of the molecule is CCC(Sc1cccc(NC(=O)/C(=C/c2ccccc2C)NC(=O)c2ccccc2)c1)C(=O)Nc1ccc(Oc2ccccc2)cc1. The summed E-state index contributed by atoms with van der Waals surface area (Å²) in [6.07, 6.45) is 2.26. The molecule has 0 bridgehead atoms. The van der Waals surface area contributed by atoms with E-state index in [0.717, 1.165) is 21.8 Å². The van der Waals surface area contributed by atoms with Gasteiger partial charge in [-0.15, -0.1) is 11.8 Å². The van der Waals surface area contributed by atoms with E-state index in [1.807, 2.05) is 117 Å². The van der Waals surface area contributed by atoms with Gasteiger partial charge in [0, 0.05) is 21.8 Å². The molecule has 47 heavy (non-hydrogen) atoms. The van der Waals surface area contributed by atoms with Crippen LogP contribution in [0.3, 0.4) is 0 Å². The topological polar surface area (TPSA) is 96.5 Å². The number of aryl methyl sites for hydroxylation is 1. The van der Waals surface area contributed by atoms with E-state index >= 15 is 0 Å². The summed E-state index contributed by atoms with van der Waals surface area (Å²) in [5.74, 6) is 0.423. The van der Waals surface area contributed by atoms with Crippen molar-refractivity contribution >= 4 is 46.9 Å². The maximum absolute atomic E-state index is 13.5. The van der Waals surface area contributed by atoms with E-state index < -0.39 is 5.91 Å². The molecule has 0 aromatic heterocycles. The van der Waals surface area contributed by atoms with E-state index in [2.05, 4.69) is 16.0 Å². The number of carbonyl (C=O) groups excluding carboxylic acids is 3. The smallest absolute Gasteiger partial charge is 0.272 e. The third-order valence-corrected chi connectivity index (χ3v) is 8.51. The molecule has 1 atom stereocenters. The third kappa shape index (κ3) is 9.45. The summed E-state index contributed by atoms with van der Waals surface area (Å²) in [7, 11) is 0. The number of carbonyl (C=O) groups is 3. The van der Waals surface area contributed by atoms with Crippen molar-refractivity contribution in [2.75, 3.05) is 10.6 Å². The summed E-state index contributed by atoms with van der Waals surface area (Å²) >= 11 is 1.41. The number of para-hydroxylation sites is 1. The van der Waals surface area contributed by atoms with Gasteiger partial charge in [-0.1, -0.05) is 73.7 Å². The fraction of sp³-hybridized carbons (Fsp3) is 0.103. The highest BCUT2D eigenvalue weighted by atomic mass is 32.2. The van der Waals surface area contributed by atoms with Gasteiger partial charge < -0.3 is 20.7 Å². The fourth-order valence-corrected chi connectivity index (χ4v) is 5.65. The molecule has 236 valence electrons. The van der Waals surface area contributed by atoms with Gasteiger partial charge in [0.05, 0.1) is 5.25 Å². The molecule has 3 N–H and O–H groups in total. The molecule has 0 aliphatic heterocycles. The van der Waals surface area contributed by atoms with Gasteiger partial charge in [-0.2, -0.15) is 0 Å². The number of nitrogens with one attached hydrogen (secondary N) is 3. The van der Waals surface area contributed by atoms with Crippen LogP contribution < -0.4 is 20.7 Å². The average molecular weight is 642 g/mol. The predicted octanol–water partition coefficient (Wildman–Crippen LogP) is 8.71. The number of hydrogen-bond acceptors (Lipinski definition) is 5. The van der Waals surface area contributed by atoms with Crippen molar-refractivity contribution in [3.63, 3.8) is 0 Å². The van der Waals surface area contributed by atoms with Gasteiger partial charge in [-0.05, 0) is 97.3 Å². The Bertz CT molecular complexity index is 1860. The number of anilines is 2. The molecule has 0 aliphatic carbocycles. The molecular formula is C39H35N3O4S. The standard InChI is InChI=1S/C39H35N3O4S/c1-3-36(39(45)40-30-21-23-33(24-22-30)46-32-18-8-5-9-19-32)47-34-20-12-17-31(26-34)41-38(44)35(25-29-16-11-10-13-27(29)2)42-37(43)28-14-6-4-7-15-28/h4-26,36H,3H2,1-2H3,(H,40,45)(H,41,44)(H,42,43)/b35-25-. The first-order chi connectivity index (χ1) is 22.9. The molecule has 0 spiro atoms. The van der Waals surface area contributed by atoms with E-state index in [-0.39, 0.29) is 22.8 Å². The molecule has 0 saturated heterocycles. The number of amides is 3. The molecule has 8 heteroatoms. The first kappa shape index (κ1) is 32.8. The Morgan fingerprint density at radius 3 is 2.09 bits per heavy atom. The van der Waals surface area contributed by atoms with Crippen LogP contribution in [0.15, 0.2) is 144 Å². The van der Waals surface area contributed by atoms with Crippen molar-refractivity contribution in [1.82, 2.24) is 5.32 Å². The highest BCUT2D eigenvalue weighted by Gasteiger charge is 2.20. The zero-order valence-electron chi connectivity index (χ0n) is 26.1. The zero-order valence-corrected chi connectivity index (χ0v) is 26.9. The second-order valence-corrected chi connectivity index (χ2v) is 11.9. The minimum Gasteiger partial charge on any atom is -0.457 e. The Kier molecular flexibility index (Phi) is 11.2. The first-order valence-corrected chi connectivity index (χ1v) is 16.1. The quantitative estimate of drug-likeness (QED) is 0.0936. The summed E-state index contributed by atoms with van der Waals surface area (Å²) in [4.78, 5) is 40.6. The number of rotatable bonds is 12. The van der Waals surface area contributed by atoms with Crippen LogP contribution in [-0.2, 0) is 9.59 Å². The minimum absolute atomic E-state index is 0.109. The molecule has 0 saturated carbocycles. The van der Waals surface area contributed by atoms with Crippen molar-refractivity contribution in [2.45, 2.75) is 30.4 Å². The summed E-state index contributed by atoms with van der Waals surface area (Å²) in [6.45, 7) is 3.90. The Morgan fingerprint density at radius 2 is 1.38 bits per heavy atom. The molecular weight excluding hydrogens is 607 g/mol. The van der Waals surface area contributed by atoms with Gasteiger partial charge in [0.15, 0.2) is 0 Å². The van der Waals surface area contributed by atoms with Crippen LogP contribution in [0.4, 0.5) is 11.4 Å². The maximum atomic E-state index is 13.5. The molecule has 3 amide bonds. The zero-order chi connectivity index (χ0) is 33.0. The van der Waals surface area contributed by atoms with E-state index in [1.165, 1.54) is 11.8 Å². The van der Waals surface area contributed by atoms with Crippen molar-refractivity contribution in [3.05, 3.63) is 156 Å². The summed E-state index contributed by atoms with van der Waals surface area (Å²) in [5.41, 5.74) is 3.53. The number of hydrogen-bond donors (Lipinski definition) is 3. The van der Waals surface area contributed by atoms with E-state index in [0.29, 0.717) is 29.1 Å². The minimum atomic E-state index is -0.468. The van der Waals surface area contributed by atoms with Gasteiger partial charge in [0.1, 0.15) is 17.2 Å². The average Bonchev–Trinajstić information content (AvgIpc) is 3.09. The van der Waals surface area contributed by atoms with Gasteiger partial charge in [0.2, 0.25) is 5.91 Å². The van der Waals surface area contributed by atoms with Gasteiger partial charge in [0.25, 0.3) is 11.8 Å².